The van der Waals surface area contributed by atoms with Gasteiger partial charge in [-0.25, -0.2) is 0 Å². The highest BCUT2D eigenvalue weighted by atomic mass is 79.9. The van der Waals surface area contributed by atoms with Crippen molar-refractivity contribution in [1.82, 2.24) is 5.32 Å². The van der Waals surface area contributed by atoms with Crippen LogP contribution in [0.3, 0.4) is 0 Å². The summed E-state index contributed by atoms with van der Waals surface area (Å²) in [5.41, 5.74) is 1.99. The third kappa shape index (κ3) is 3.21. The number of Topliss-reactive ketones (excluding diaryl/α,β-unsaturated/α-hetero) is 1. The van der Waals surface area contributed by atoms with E-state index < -0.39 is 22.4 Å². The summed E-state index contributed by atoms with van der Waals surface area (Å²) in [7, 11) is 1.64. The highest BCUT2D eigenvalue weighted by Crippen LogP contribution is 2.66. The smallest absolute Gasteiger partial charge is 0.253 e. The molecule has 0 radical (unpaired) electrons. The van der Waals surface area contributed by atoms with Gasteiger partial charge in [0.25, 0.3) is 5.91 Å². The minimum absolute atomic E-state index is 0.0333. The molecule has 37 heavy (non-hydrogen) atoms. The van der Waals surface area contributed by atoms with E-state index in [1.54, 1.807) is 7.11 Å². The SMILES string of the molecule is COc1ccccc1[C@H]1NC(=O)c2c(Br)cc3c(c21)O[C@@]12C[C@@H](Cl)C(=O)C(C)(C)[C@@H]1CC[C@H](C)[C@@]2(C)C3. The summed E-state index contributed by atoms with van der Waals surface area (Å²) in [6.07, 6.45) is 3.24. The molecular weight excluding hydrogens is 554 g/mol. The Morgan fingerprint density at radius 1 is 1.16 bits per heavy atom. The number of carbonyl (C=O) groups excluding carboxylic acids is 2. The second-order valence-corrected chi connectivity index (χ2v) is 13.5. The number of nitrogens with one attached hydrogen (secondary N) is 1. The van der Waals surface area contributed by atoms with Gasteiger partial charge in [-0.05, 0) is 58.8 Å². The number of ether oxygens (including phenoxy) is 2. The number of halogens is 2. The Morgan fingerprint density at radius 3 is 2.62 bits per heavy atom. The van der Waals surface area contributed by atoms with Crippen LogP contribution in [0.4, 0.5) is 0 Å². The van der Waals surface area contributed by atoms with Crippen LogP contribution in [0.5, 0.6) is 11.5 Å². The van der Waals surface area contributed by atoms with Crippen LogP contribution in [0.25, 0.3) is 0 Å². The normalized spacial score (nSPS) is 35.4. The molecule has 1 N–H and O–H groups in total. The first-order valence-corrected chi connectivity index (χ1v) is 14.4. The summed E-state index contributed by atoms with van der Waals surface area (Å²) in [4.78, 5) is 26.7. The van der Waals surface area contributed by atoms with Crippen LogP contribution in [0.15, 0.2) is 34.8 Å². The zero-order valence-corrected chi connectivity index (χ0v) is 24.3. The molecule has 7 heteroatoms. The first-order valence-electron chi connectivity index (χ1n) is 13.1. The molecule has 0 unspecified atom stereocenters. The number of para-hydroxylation sites is 1. The standard InChI is InChI=1S/C30H33BrClNO4/c1-15-10-11-21-28(2,3)26(34)19(32)14-30(21)29(15,4)13-16-12-18(31)22-23(25(16)37-30)24(33-27(22)35)17-8-6-7-9-20(17)36-5/h6-9,12,15,19,21,24H,10-11,13-14H2,1-5H3,(H,33,35)/t15-,19+,21-,24+,29+,30-/m0/s1. The maximum absolute atomic E-state index is 13.3. The zero-order valence-electron chi connectivity index (χ0n) is 21.9. The van der Waals surface area contributed by atoms with Gasteiger partial charge in [0, 0.05) is 38.8 Å². The van der Waals surface area contributed by atoms with Crippen molar-refractivity contribution in [1.29, 1.82) is 0 Å². The minimum Gasteiger partial charge on any atom is -0.496 e. The molecule has 2 aliphatic carbocycles. The fourth-order valence-corrected chi connectivity index (χ4v) is 9.23. The molecule has 0 bridgehead atoms. The molecule has 1 spiro atoms. The Hall–Kier alpha value is -2.05. The van der Waals surface area contributed by atoms with Crippen molar-refractivity contribution in [3.8, 4) is 11.5 Å². The first kappa shape index (κ1) is 25.2. The van der Waals surface area contributed by atoms with E-state index in [0.717, 1.165) is 46.2 Å². The van der Waals surface area contributed by atoms with Crippen molar-refractivity contribution in [3.63, 3.8) is 0 Å². The monoisotopic (exact) mass is 585 g/mol. The highest BCUT2D eigenvalue weighted by Gasteiger charge is 2.69. The average Bonchev–Trinajstić information content (AvgIpc) is 3.20. The van der Waals surface area contributed by atoms with Crippen LogP contribution in [-0.4, -0.2) is 29.8 Å². The maximum Gasteiger partial charge on any atom is 0.253 e. The zero-order chi connectivity index (χ0) is 26.5. The number of benzene rings is 2. The molecule has 2 aromatic carbocycles. The molecule has 6 atom stereocenters. The maximum atomic E-state index is 13.3. The molecule has 2 saturated carbocycles. The molecule has 5 nitrogen and oxygen atoms in total. The summed E-state index contributed by atoms with van der Waals surface area (Å²) < 4.78 is 13.8. The van der Waals surface area contributed by atoms with Crippen LogP contribution < -0.4 is 14.8 Å². The number of hydrogen-bond acceptors (Lipinski definition) is 4. The first-order chi connectivity index (χ1) is 17.5. The van der Waals surface area contributed by atoms with Gasteiger partial charge in [-0.15, -0.1) is 11.6 Å². The van der Waals surface area contributed by atoms with E-state index in [0.29, 0.717) is 23.7 Å². The van der Waals surface area contributed by atoms with Crippen molar-refractivity contribution in [2.75, 3.05) is 7.11 Å². The third-order valence-corrected chi connectivity index (χ3v) is 11.2. The molecule has 2 aromatic rings. The molecule has 2 aliphatic heterocycles. The number of fused-ring (bicyclic) bond motifs is 3. The minimum atomic E-state index is -0.611. The summed E-state index contributed by atoms with van der Waals surface area (Å²) >= 11 is 10.5. The van der Waals surface area contributed by atoms with E-state index in [9.17, 15) is 9.59 Å². The summed E-state index contributed by atoms with van der Waals surface area (Å²) in [6.45, 7) is 8.72. The molecule has 196 valence electrons. The van der Waals surface area contributed by atoms with Gasteiger partial charge in [-0.3, -0.25) is 9.59 Å². The predicted molar refractivity (Wildman–Crippen MR) is 147 cm³/mol. The summed E-state index contributed by atoms with van der Waals surface area (Å²) in [6, 6.07) is 9.43. The van der Waals surface area contributed by atoms with E-state index >= 15 is 0 Å². The van der Waals surface area contributed by atoms with Crippen LogP contribution in [0.1, 0.15) is 80.0 Å². The molecule has 0 saturated heterocycles. The van der Waals surface area contributed by atoms with E-state index in [-0.39, 0.29) is 23.0 Å². The van der Waals surface area contributed by atoms with Gasteiger partial charge in [0.2, 0.25) is 0 Å². The van der Waals surface area contributed by atoms with Crippen LogP contribution >= 0.6 is 27.5 Å². The Bertz CT molecular complexity index is 1340. The van der Waals surface area contributed by atoms with E-state index in [4.69, 9.17) is 21.1 Å². The van der Waals surface area contributed by atoms with Gasteiger partial charge in [-0.2, -0.15) is 0 Å². The molecule has 6 rings (SSSR count). The molecule has 4 aliphatic rings. The summed E-state index contributed by atoms with van der Waals surface area (Å²) in [5.74, 6) is 1.87. The van der Waals surface area contributed by atoms with Crippen LogP contribution in [-0.2, 0) is 11.2 Å². The van der Waals surface area contributed by atoms with Crippen LogP contribution in [0, 0.1) is 22.7 Å². The number of ketones is 1. The Labute approximate surface area is 231 Å². The molecule has 2 fully saturated rings. The lowest BCUT2D eigenvalue weighted by Gasteiger charge is -2.66. The Morgan fingerprint density at radius 2 is 1.89 bits per heavy atom. The van der Waals surface area contributed by atoms with Gasteiger partial charge in [0.05, 0.1) is 24.1 Å². The van der Waals surface area contributed by atoms with Gasteiger partial charge in [0.15, 0.2) is 5.78 Å². The second kappa shape index (κ2) is 8.22. The largest absolute Gasteiger partial charge is 0.496 e. The molecule has 0 aromatic heterocycles. The molecule has 1 amide bonds. The number of rotatable bonds is 2. The van der Waals surface area contributed by atoms with Gasteiger partial charge < -0.3 is 14.8 Å². The summed E-state index contributed by atoms with van der Waals surface area (Å²) in [5, 5.41) is 2.58. The van der Waals surface area contributed by atoms with E-state index in [2.05, 4.69) is 41.2 Å². The lowest BCUT2D eigenvalue weighted by atomic mass is 9.44. The quantitative estimate of drug-likeness (QED) is 0.402. The van der Waals surface area contributed by atoms with E-state index in [1.165, 1.54) is 0 Å². The molecule has 2 heterocycles. The fraction of sp³-hybridized carbons (Fsp3) is 0.533. The average molecular weight is 587 g/mol. The van der Waals surface area contributed by atoms with Crippen molar-refractivity contribution >= 4 is 39.2 Å². The number of carbonyl (C=O) groups is 2. The number of methoxy groups -OCH3 is 1. The predicted octanol–water partition coefficient (Wildman–Crippen LogP) is 6.62. The van der Waals surface area contributed by atoms with Crippen molar-refractivity contribution in [3.05, 3.63) is 57.1 Å². The Kier molecular flexibility index (Phi) is 5.61. The van der Waals surface area contributed by atoms with Gasteiger partial charge >= 0.3 is 0 Å². The highest BCUT2D eigenvalue weighted by molar-refractivity contribution is 9.10. The number of hydrogen-bond donors (Lipinski definition) is 1. The lowest BCUT2D eigenvalue weighted by Crippen LogP contribution is -2.71. The third-order valence-electron chi connectivity index (χ3n) is 10.2. The van der Waals surface area contributed by atoms with Crippen LogP contribution in [0.2, 0.25) is 0 Å². The van der Waals surface area contributed by atoms with Crippen molar-refractivity contribution in [2.45, 2.75) is 70.4 Å². The topological polar surface area (TPSA) is 64.6 Å². The van der Waals surface area contributed by atoms with Gasteiger partial charge in [-0.1, -0.05) is 45.9 Å². The van der Waals surface area contributed by atoms with Crippen molar-refractivity contribution < 1.29 is 19.1 Å². The lowest BCUT2D eigenvalue weighted by molar-refractivity contribution is -0.208. The van der Waals surface area contributed by atoms with E-state index in [1.807, 2.05) is 38.1 Å². The number of alkyl halides is 1. The molecular formula is C30H33BrClNO4. The van der Waals surface area contributed by atoms with Crippen molar-refractivity contribution in [2.24, 2.45) is 22.7 Å². The number of amides is 1. The van der Waals surface area contributed by atoms with Gasteiger partial charge in [0.1, 0.15) is 17.1 Å². The Balaban J connectivity index is 1.60. The second-order valence-electron chi connectivity index (χ2n) is 12.2. The fourth-order valence-electron chi connectivity index (χ4n) is 8.05.